The molecule has 0 radical (unpaired) electrons. The van der Waals surface area contributed by atoms with E-state index in [1.54, 1.807) is 24.3 Å². The van der Waals surface area contributed by atoms with Crippen molar-refractivity contribution in [2.24, 2.45) is 0 Å². The molecule has 2 rings (SSSR count). The first-order chi connectivity index (χ1) is 12.2. The van der Waals surface area contributed by atoms with Crippen LogP contribution in [0, 0.1) is 0 Å². The van der Waals surface area contributed by atoms with Crippen LogP contribution in [0.1, 0.15) is 0 Å². The summed E-state index contributed by atoms with van der Waals surface area (Å²) < 4.78 is 10.3. The Morgan fingerprint density at radius 2 is 1.36 bits per heavy atom. The molecule has 0 fully saturated rings. The summed E-state index contributed by atoms with van der Waals surface area (Å²) in [5.74, 6) is 0. The third-order valence-electron chi connectivity index (χ3n) is 3.04. The van der Waals surface area contributed by atoms with Gasteiger partial charge in [-0.05, 0) is 24.3 Å². The Hall–Kier alpha value is -3.06. The molecular formula is C18H21N3O4. The summed E-state index contributed by atoms with van der Waals surface area (Å²) in [6.45, 7) is 1.07. The van der Waals surface area contributed by atoms with Gasteiger partial charge in [0.25, 0.3) is 0 Å². The lowest BCUT2D eigenvalue weighted by atomic mass is 10.3. The zero-order chi connectivity index (χ0) is 17.7. The van der Waals surface area contributed by atoms with E-state index >= 15 is 0 Å². The van der Waals surface area contributed by atoms with Crippen LogP contribution in [-0.4, -0.2) is 38.5 Å². The third-order valence-corrected chi connectivity index (χ3v) is 3.04. The first-order valence-electron chi connectivity index (χ1n) is 7.90. The van der Waals surface area contributed by atoms with E-state index in [4.69, 9.17) is 9.47 Å². The van der Waals surface area contributed by atoms with E-state index in [-0.39, 0.29) is 19.2 Å². The molecule has 0 unspecified atom stereocenters. The van der Waals surface area contributed by atoms with E-state index in [9.17, 15) is 9.59 Å². The smallest absolute Gasteiger partial charge is 0.411 e. The largest absolute Gasteiger partial charge is 0.447 e. The fourth-order valence-electron chi connectivity index (χ4n) is 1.90. The van der Waals surface area contributed by atoms with Crippen LogP contribution in [0.4, 0.5) is 21.0 Å². The van der Waals surface area contributed by atoms with Gasteiger partial charge in [0.15, 0.2) is 0 Å². The highest BCUT2D eigenvalue weighted by Gasteiger charge is 2.03. The number of carbonyl (C=O) groups is 2. The molecule has 25 heavy (non-hydrogen) atoms. The van der Waals surface area contributed by atoms with Gasteiger partial charge < -0.3 is 20.1 Å². The highest BCUT2D eigenvalue weighted by atomic mass is 16.6. The van der Waals surface area contributed by atoms with Crippen molar-refractivity contribution in [1.82, 2.24) is 5.32 Å². The van der Waals surface area contributed by atoms with Gasteiger partial charge in [0.2, 0.25) is 0 Å². The van der Waals surface area contributed by atoms with Crippen LogP contribution < -0.4 is 16.0 Å². The summed E-state index contributed by atoms with van der Waals surface area (Å²) in [6.07, 6.45) is -0.532. The molecule has 0 bridgehead atoms. The van der Waals surface area contributed by atoms with Crippen LogP contribution in [0.15, 0.2) is 60.7 Å². The molecule has 0 spiro atoms. The Balaban J connectivity index is 1.46. The van der Waals surface area contributed by atoms with Gasteiger partial charge in [-0.1, -0.05) is 36.4 Å². The number of nitrogens with one attached hydrogen (secondary N) is 3. The summed E-state index contributed by atoms with van der Waals surface area (Å²) in [7, 11) is 0. The Bertz CT molecular complexity index is 592. The maximum absolute atomic E-state index is 11.6. The number of rotatable bonds is 8. The van der Waals surface area contributed by atoms with Crippen molar-refractivity contribution in [3.8, 4) is 0 Å². The number of hydrogen-bond donors (Lipinski definition) is 3. The number of anilines is 2. The number of para-hydroxylation sites is 2. The molecule has 3 amide bonds. The molecule has 0 saturated heterocycles. The predicted molar refractivity (Wildman–Crippen MR) is 95.7 cm³/mol. The predicted octanol–water partition coefficient (Wildman–Crippen LogP) is 3.07. The van der Waals surface area contributed by atoms with Gasteiger partial charge in [-0.2, -0.15) is 0 Å². The molecule has 132 valence electrons. The van der Waals surface area contributed by atoms with Gasteiger partial charge in [0.05, 0.1) is 13.2 Å². The molecule has 7 nitrogen and oxygen atoms in total. The first kappa shape index (κ1) is 18.3. The van der Waals surface area contributed by atoms with E-state index in [0.717, 1.165) is 5.69 Å². The van der Waals surface area contributed by atoms with Gasteiger partial charge in [-0.15, -0.1) is 0 Å². The lowest BCUT2D eigenvalue weighted by Crippen LogP contribution is -2.31. The van der Waals surface area contributed by atoms with E-state index in [2.05, 4.69) is 16.0 Å². The van der Waals surface area contributed by atoms with Crippen molar-refractivity contribution in [1.29, 1.82) is 0 Å². The van der Waals surface area contributed by atoms with Gasteiger partial charge in [0, 0.05) is 17.9 Å². The van der Waals surface area contributed by atoms with Crippen molar-refractivity contribution in [2.45, 2.75) is 0 Å². The van der Waals surface area contributed by atoms with Gasteiger partial charge in [-0.3, -0.25) is 5.32 Å². The van der Waals surface area contributed by atoms with Crippen LogP contribution in [0.2, 0.25) is 0 Å². The van der Waals surface area contributed by atoms with E-state index in [1.807, 2.05) is 36.4 Å². The number of ether oxygens (including phenoxy) is 2. The fourth-order valence-corrected chi connectivity index (χ4v) is 1.90. The molecular weight excluding hydrogens is 322 g/mol. The zero-order valence-corrected chi connectivity index (χ0v) is 13.7. The number of urea groups is 1. The molecule has 0 atom stereocenters. The summed E-state index contributed by atoms with van der Waals surface area (Å²) in [5, 5.41) is 7.97. The Kier molecular flexibility index (Phi) is 7.80. The molecule has 0 heterocycles. The number of carbonyl (C=O) groups excluding carboxylic acids is 2. The maximum atomic E-state index is 11.6. The quantitative estimate of drug-likeness (QED) is 0.643. The lowest BCUT2D eigenvalue weighted by molar-refractivity contribution is 0.0803. The molecule has 0 saturated carbocycles. The highest BCUT2D eigenvalue weighted by molar-refractivity contribution is 5.89. The van der Waals surface area contributed by atoms with Gasteiger partial charge in [0.1, 0.15) is 6.61 Å². The fraction of sp³-hybridized carbons (Fsp3) is 0.222. The van der Waals surface area contributed by atoms with Crippen molar-refractivity contribution in [3.05, 3.63) is 60.7 Å². The second-order valence-electron chi connectivity index (χ2n) is 4.99. The van der Waals surface area contributed by atoms with Crippen molar-refractivity contribution in [2.75, 3.05) is 37.0 Å². The van der Waals surface area contributed by atoms with Crippen LogP contribution >= 0.6 is 0 Å². The summed E-state index contributed by atoms with van der Waals surface area (Å²) in [6, 6.07) is 17.9. The second kappa shape index (κ2) is 10.7. The van der Waals surface area contributed by atoms with Crippen LogP contribution in [0.3, 0.4) is 0 Å². The van der Waals surface area contributed by atoms with E-state index < -0.39 is 6.09 Å². The molecule has 2 aromatic rings. The summed E-state index contributed by atoms with van der Waals surface area (Å²) >= 11 is 0. The average Bonchev–Trinajstić information content (AvgIpc) is 2.62. The minimum atomic E-state index is -0.532. The zero-order valence-electron chi connectivity index (χ0n) is 13.7. The maximum Gasteiger partial charge on any atom is 0.411 e. The van der Waals surface area contributed by atoms with Crippen LogP contribution in [0.5, 0.6) is 0 Å². The summed E-state index contributed by atoms with van der Waals surface area (Å²) in [5.41, 5.74) is 1.39. The minimum Gasteiger partial charge on any atom is -0.447 e. The Morgan fingerprint density at radius 1 is 0.760 bits per heavy atom. The van der Waals surface area contributed by atoms with Gasteiger partial charge in [-0.25, -0.2) is 9.59 Å². The van der Waals surface area contributed by atoms with Crippen molar-refractivity contribution in [3.63, 3.8) is 0 Å². The van der Waals surface area contributed by atoms with E-state index in [0.29, 0.717) is 18.8 Å². The number of amides is 3. The monoisotopic (exact) mass is 343 g/mol. The molecule has 3 N–H and O–H groups in total. The SMILES string of the molecule is O=C(NCCOCCOC(=O)Nc1ccccc1)Nc1ccccc1. The number of benzene rings is 2. The van der Waals surface area contributed by atoms with Crippen LogP contribution in [-0.2, 0) is 9.47 Å². The van der Waals surface area contributed by atoms with Crippen molar-refractivity contribution < 1.29 is 19.1 Å². The average molecular weight is 343 g/mol. The van der Waals surface area contributed by atoms with E-state index in [1.165, 1.54) is 0 Å². The Morgan fingerprint density at radius 3 is 2.00 bits per heavy atom. The molecule has 2 aromatic carbocycles. The van der Waals surface area contributed by atoms with Gasteiger partial charge >= 0.3 is 12.1 Å². The molecule has 7 heteroatoms. The molecule has 0 aliphatic carbocycles. The third kappa shape index (κ3) is 7.85. The second-order valence-corrected chi connectivity index (χ2v) is 4.99. The number of hydrogen-bond acceptors (Lipinski definition) is 4. The Labute approximate surface area is 146 Å². The standard InChI is InChI=1S/C18H21N3O4/c22-17(20-15-7-3-1-4-8-15)19-11-12-24-13-14-25-18(23)21-16-9-5-2-6-10-16/h1-10H,11-14H2,(H,21,23)(H2,19,20,22). The normalized spacial score (nSPS) is 9.92. The lowest BCUT2D eigenvalue weighted by Gasteiger charge is -2.09. The molecule has 0 aliphatic heterocycles. The highest BCUT2D eigenvalue weighted by Crippen LogP contribution is 2.05. The minimum absolute atomic E-state index is 0.134. The van der Waals surface area contributed by atoms with Crippen LogP contribution in [0.25, 0.3) is 0 Å². The van der Waals surface area contributed by atoms with Crippen molar-refractivity contribution >= 4 is 23.5 Å². The molecule has 0 aliphatic rings. The first-order valence-corrected chi connectivity index (χ1v) is 7.90. The topological polar surface area (TPSA) is 88.7 Å². The molecule has 0 aromatic heterocycles. The summed E-state index contributed by atoms with van der Waals surface area (Å²) in [4.78, 5) is 23.1.